The van der Waals surface area contributed by atoms with Crippen LogP contribution in [0.25, 0.3) is 0 Å². The van der Waals surface area contributed by atoms with Gasteiger partial charge in [0.05, 0.1) is 0 Å². The quantitative estimate of drug-likeness (QED) is 0.692. The van der Waals surface area contributed by atoms with Gasteiger partial charge in [-0.25, -0.2) is 0 Å². The van der Waals surface area contributed by atoms with Crippen molar-refractivity contribution in [2.24, 2.45) is 0 Å². The molecule has 0 fully saturated rings. The fourth-order valence-corrected chi connectivity index (χ4v) is 1.32. The Balaban J connectivity index is 0.000000980. The minimum absolute atomic E-state index is 0. The highest BCUT2D eigenvalue weighted by Crippen LogP contribution is 2.23. The standard InChI is InChI=1S/C9H9N3O.ClH/c10-3-7-4-12-6-8-5-11-1-2-13-9(7)8;/h4,6,11H,1-2,5H2;1H. The molecule has 5 heteroatoms. The van der Waals surface area contributed by atoms with Crippen molar-refractivity contribution in [1.82, 2.24) is 10.3 Å². The molecule has 0 atom stereocenters. The zero-order chi connectivity index (χ0) is 9.10. The predicted octanol–water partition coefficient (Wildman–Crippen LogP) is 0.857. The molecule has 2 rings (SSSR count). The number of nitrogens with one attached hydrogen (secondary N) is 1. The number of aromatic nitrogens is 1. The van der Waals surface area contributed by atoms with E-state index in [0.29, 0.717) is 17.9 Å². The van der Waals surface area contributed by atoms with Gasteiger partial charge >= 0.3 is 0 Å². The van der Waals surface area contributed by atoms with Crippen molar-refractivity contribution in [3.8, 4) is 11.8 Å². The van der Waals surface area contributed by atoms with Gasteiger partial charge in [-0.1, -0.05) is 0 Å². The number of hydrogen-bond donors (Lipinski definition) is 1. The lowest BCUT2D eigenvalue weighted by molar-refractivity contribution is 0.324. The van der Waals surface area contributed by atoms with Gasteiger partial charge in [-0.05, 0) is 0 Å². The highest BCUT2D eigenvalue weighted by Gasteiger charge is 2.12. The van der Waals surface area contributed by atoms with Crippen LogP contribution in [0.5, 0.6) is 5.75 Å². The highest BCUT2D eigenvalue weighted by atomic mass is 35.5. The summed E-state index contributed by atoms with van der Waals surface area (Å²) in [7, 11) is 0. The van der Waals surface area contributed by atoms with Crippen LogP contribution >= 0.6 is 12.4 Å². The first-order chi connectivity index (χ1) is 6.42. The Morgan fingerprint density at radius 2 is 2.36 bits per heavy atom. The number of nitriles is 1. The zero-order valence-corrected chi connectivity index (χ0v) is 8.30. The van der Waals surface area contributed by atoms with E-state index in [9.17, 15) is 0 Å². The first-order valence-electron chi connectivity index (χ1n) is 4.12. The maximum absolute atomic E-state index is 8.80. The Morgan fingerprint density at radius 1 is 1.50 bits per heavy atom. The summed E-state index contributed by atoms with van der Waals surface area (Å²) in [6, 6.07) is 2.07. The molecule has 0 amide bonds. The molecular formula is C9H10ClN3O. The number of halogens is 1. The van der Waals surface area contributed by atoms with Crippen LogP contribution in [0.15, 0.2) is 12.4 Å². The number of hydrogen-bond acceptors (Lipinski definition) is 4. The molecule has 2 heterocycles. The lowest BCUT2D eigenvalue weighted by Crippen LogP contribution is -2.16. The highest BCUT2D eigenvalue weighted by molar-refractivity contribution is 5.85. The normalized spacial score (nSPS) is 13.9. The molecule has 14 heavy (non-hydrogen) atoms. The molecule has 0 saturated heterocycles. The Bertz CT molecular complexity index is 362. The van der Waals surface area contributed by atoms with Crippen LogP contribution in [-0.4, -0.2) is 18.1 Å². The third-order valence-corrected chi connectivity index (χ3v) is 1.93. The van der Waals surface area contributed by atoms with Gasteiger partial charge in [0.25, 0.3) is 0 Å². The first kappa shape index (κ1) is 10.8. The average molecular weight is 212 g/mol. The largest absolute Gasteiger partial charge is 0.490 e. The lowest BCUT2D eigenvalue weighted by atomic mass is 10.2. The third kappa shape index (κ3) is 1.95. The van der Waals surface area contributed by atoms with Crippen LogP contribution < -0.4 is 10.1 Å². The molecular weight excluding hydrogens is 202 g/mol. The van der Waals surface area contributed by atoms with E-state index in [4.69, 9.17) is 10.00 Å². The van der Waals surface area contributed by atoms with Crippen molar-refractivity contribution < 1.29 is 4.74 Å². The van der Waals surface area contributed by atoms with Gasteiger partial charge in [0.15, 0.2) is 0 Å². The van der Waals surface area contributed by atoms with Crippen molar-refractivity contribution in [1.29, 1.82) is 5.26 Å². The maximum atomic E-state index is 8.80. The second-order valence-corrected chi connectivity index (χ2v) is 2.81. The minimum Gasteiger partial charge on any atom is -0.490 e. The topological polar surface area (TPSA) is 57.9 Å². The molecule has 1 aliphatic heterocycles. The Morgan fingerprint density at radius 3 is 3.14 bits per heavy atom. The molecule has 0 bridgehead atoms. The van der Waals surface area contributed by atoms with E-state index in [1.54, 1.807) is 6.20 Å². The summed E-state index contributed by atoms with van der Waals surface area (Å²) in [6.07, 6.45) is 3.26. The summed E-state index contributed by atoms with van der Waals surface area (Å²) in [5.74, 6) is 0.683. The number of rotatable bonds is 0. The van der Waals surface area contributed by atoms with E-state index in [1.165, 1.54) is 6.20 Å². The van der Waals surface area contributed by atoms with Crippen LogP contribution in [0.1, 0.15) is 11.1 Å². The van der Waals surface area contributed by atoms with Crippen molar-refractivity contribution in [2.75, 3.05) is 13.2 Å². The molecule has 1 aromatic heterocycles. The van der Waals surface area contributed by atoms with Gasteiger partial charge in [-0.15, -0.1) is 12.4 Å². The smallest absolute Gasteiger partial charge is 0.144 e. The molecule has 4 nitrogen and oxygen atoms in total. The lowest BCUT2D eigenvalue weighted by Gasteiger charge is -2.06. The SMILES string of the molecule is Cl.N#Cc1cncc2c1OCCNC2. The third-order valence-electron chi connectivity index (χ3n) is 1.93. The van der Waals surface area contributed by atoms with Crippen LogP contribution in [0.2, 0.25) is 0 Å². The van der Waals surface area contributed by atoms with Gasteiger partial charge in [0, 0.05) is 31.0 Å². The van der Waals surface area contributed by atoms with E-state index >= 15 is 0 Å². The molecule has 0 unspecified atom stereocenters. The van der Waals surface area contributed by atoms with Crippen LogP contribution in [-0.2, 0) is 6.54 Å². The summed E-state index contributed by atoms with van der Waals surface area (Å²) in [5.41, 5.74) is 1.47. The first-order valence-corrected chi connectivity index (χ1v) is 4.12. The fourth-order valence-electron chi connectivity index (χ4n) is 1.32. The van der Waals surface area contributed by atoms with E-state index < -0.39 is 0 Å². The van der Waals surface area contributed by atoms with Crippen molar-refractivity contribution >= 4 is 12.4 Å². The average Bonchev–Trinajstić information content (AvgIpc) is 2.41. The molecule has 0 aromatic carbocycles. The molecule has 1 N–H and O–H groups in total. The number of pyridine rings is 1. The predicted molar refractivity (Wildman–Crippen MR) is 53.4 cm³/mol. The van der Waals surface area contributed by atoms with Crippen LogP contribution in [0.3, 0.4) is 0 Å². The van der Waals surface area contributed by atoms with Crippen molar-refractivity contribution in [3.05, 3.63) is 23.5 Å². The van der Waals surface area contributed by atoms with Gasteiger partial charge in [0.1, 0.15) is 24.0 Å². The van der Waals surface area contributed by atoms with E-state index in [2.05, 4.69) is 16.4 Å². The summed E-state index contributed by atoms with van der Waals surface area (Å²) in [4.78, 5) is 3.97. The molecule has 0 spiro atoms. The number of fused-ring (bicyclic) bond motifs is 1. The number of ether oxygens (including phenoxy) is 1. The van der Waals surface area contributed by atoms with Gasteiger partial charge in [-0.2, -0.15) is 5.26 Å². The second-order valence-electron chi connectivity index (χ2n) is 2.81. The molecule has 1 aromatic rings. The fraction of sp³-hybridized carbons (Fsp3) is 0.333. The van der Waals surface area contributed by atoms with E-state index in [-0.39, 0.29) is 12.4 Å². The Hall–Kier alpha value is -1.31. The summed E-state index contributed by atoms with van der Waals surface area (Å²) >= 11 is 0. The molecule has 0 saturated carbocycles. The van der Waals surface area contributed by atoms with Gasteiger partial charge < -0.3 is 10.1 Å². The van der Waals surface area contributed by atoms with Crippen LogP contribution in [0, 0.1) is 11.3 Å². The zero-order valence-electron chi connectivity index (χ0n) is 7.49. The molecule has 0 radical (unpaired) electrons. The Labute approximate surface area is 88.3 Å². The van der Waals surface area contributed by atoms with E-state index in [1.807, 2.05) is 0 Å². The molecule has 0 aliphatic carbocycles. The van der Waals surface area contributed by atoms with Crippen LogP contribution in [0.4, 0.5) is 0 Å². The van der Waals surface area contributed by atoms with Crippen molar-refractivity contribution in [3.63, 3.8) is 0 Å². The summed E-state index contributed by atoms with van der Waals surface area (Å²) in [6.45, 7) is 2.13. The second kappa shape index (κ2) is 4.80. The Kier molecular flexibility index (Phi) is 3.69. The minimum atomic E-state index is 0. The summed E-state index contributed by atoms with van der Waals surface area (Å²) in [5, 5.41) is 12.0. The monoisotopic (exact) mass is 211 g/mol. The van der Waals surface area contributed by atoms with Crippen molar-refractivity contribution in [2.45, 2.75) is 6.54 Å². The summed E-state index contributed by atoms with van der Waals surface area (Å²) < 4.78 is 5.45. The van der Waals surface area contributed by atoms with E-state index in [0.717, 1.165) is 18.7 Å². The molecule has 1 aliphatic rings. The maximum Gasteiger partial charge on any atom is 0.144 e. The molecule has 74 valence electrons. The van der Waals surface area contributed by atoms with Gasteiger partial charge in [-0.3, -0.25) is 4.98 Å². The van der Waals surface area contributed by atoms with Gasteiger partial charge in [0.2, 0.25) is 0 Å². The number of nitrogens with zero attached hydrogens (tertiary/aromatic N) is 2.